The van der Waals surface area contributed by atoms with Crippen molar-refractivity contribution < 1.29 is 4.79 Å². The predicted octanol–water partition coefficient (Wildman–Crippen LogP) is 4.96. The van der Waals surface area contributed by atoms with Crippen molar-refractivity contribution in [3.63, 3.8) is 0 Å². The van der Waals surface area contributed by atoms with Crippen LogP contribution in [-0.4, -0.2) is 22.2 Å². The number of benzene rings is 2. The van der Waals surface area contributed by atoms with E-state index in [0.717, 1.165) is 29.3 Å². The van der Waals surface area contributed by atoms with E-state index >= 15 is 0 Å². The summed E-state index contributed by atoms with van der Waals surface area (Å²) in [6, 6.07) is 15.6. The molecule has 1 heterocycles. The number of hydrogen-bond donors (Lipinski definition) is 1. The summed E-state index contributed by atoms with van der Waals surface area (Å²) in [6.07, 6.45) is 4.69. The van der Waals surface area contributed by atoms with Gasteiger partial charge in [0.05, 0.1) is 6.20 Å². The molecule has 0 saturated heterocycles. The first kappa shape index (κ1) is 19.5. The molecule has 2 aromatic carbocycles. The number of amides is 1. The molecule has 0 radical (unpaired) electrons. The summed E-state index contributed by atoms with van der Waals surface area (Å²) in [4.78, 5) is 13.4. The average molecular weight is 400 g/mol. The second kappa shape index (κ2) is 9.62. The van der Waals surface area contributed by atoms with Crippen molar-refractivity contribution in [1.82, 2.24) is 15.1 Å². The number of carbonyl (C=O) groups excluding carboxylic acids is 1. The Kier molecular flexibility index (Phi) is 6.96. The van der Waals surface area contributed by atoms with Gasteiger partial charge in [-0.25, -0.2) is 0 Å². The topological polar surface area (TPSA) is 46.9 Å². The van der Waals surface area contributed by atoms with Crippen LogP contribution in [-0.2, 0) is 12.3 Å². The highest BCUT2D eigenvalue weighted by Crippen LogP contribution is 2.24. The van der Waals surface area contributed by atoms with Crippen molar-refractivity contribution in [1.29, 1.82) is 0 Å². The van der Waals surface area contributed by atoms with Crippen LogP contribution in [0.3, 0.4) is 0 Å². The summed E-state index contributed by atoms with van der Waals surface area (Å²) in [5.41, 5.74) is 3.01. The molecule has 0 aliphatic carbocycles. The normalized spacial score (nSPS) is 10.7. The van der Waals surface area contributed by atoms with Gasteiger partial charge >= 0.3 is 0 Å². The van der Waals surface area contributed by atoms with E-state index in [2.05, 4.69) is 10.4 Å². The Bertz CT molecular complexity index is 875. The minimum atomic E-state index is -0.0384. The molecule has 0 atom stereocenters. The van der Waals surface area contributed by atoms with Gasteiger partial charge in [-0.15, -0.1) is 11.8 Å². The van der Waals surface area contributed by atoms with Crippen LogP contribution in [0.5, 0.6) is 0 Å². The first-order chi connectivity index (χ1) is 13.1. The third-order valence-electron chi connectivity index (χ3n) is 4.05. The molecule has 3 rings (SSSR count). The van der Waals surface area contributed by atoms with Crippen LogP contribution in [0.2, 0.25) is 5.02 Å². The second-order valence-corrected chi connectivity index (χ2v) is 7.81. The molecule has 0 saturated carbocycles. The molecule has 0 spiro atoms. The summed E-state index contributed by atoms with van der Waals surface area (Å²) in [7, 11) is 0. The maximum atomic E-state index is 12.2. The molecule has 1 N–H and O–H groups in total. The molecule has 6 heteroatoms. The van der Waals surface area contributed by atoms with Gasteiger partial charge in [0.1, 0.15) is 0 Å². The Balaban J connectivity index is 1.42. The van der Waals surface area contributed by atoms with Gasteiger partial charge in [0.15, 0.2) is 0 Å². The third-order valence-corrected chi connectivity index (χ3v) is 5.38. The number of nitrogens with one attached hydrogen (secondary N) is 1. The lowest BCUT2D eigenvalue weighted by Crippen LogP contribution is -2.25. The minimum Gasteiger partial charge on any atom is -0.352 e. The Hall–Kier alpha value is -2.24. The zero-order valence-corrected chi connectivity index (χ0v) is 16.8. The Morgan fingerprint density at radius 3 is 2.56 bits per heavy atom. The van der Waals surface area contributed by atoms with Gasteiger partial charge in [0.25, 0.3) is 5.91 Å². The Labute approximate surface area is 168 Å². The van der Waals surface area contributed by atoms with E-state index in [1.807, 2.05) is 72.5 Å². The van der Waals surface area contributed by atoms with Crippen LogP contribution in [0.4, 0.5) is 0 Å². The summed E-state index contributed by atoms with van der Waals surface area (Å²) < 4.78 is 1.90. The number of carbonyl (C=O) groups is 1. The van der Waals surface area contributed by atoms with Crippen LogP contribution in [0.1, 0.15) is 27.9 Å². The standard InChI is InChI=1S/C21H22ClN3OS/c1-16-13-24-25(14-16)12-2-11-23-21(26)18-5-3-17(4-6-18)15-27-20-9-7-19(22)8-10-20/h3-10,13-14H,2,11-12,15H2,1H3,(H,23,26). The lowest BCUT2D eigenvalue weighted by atomic mass is 10.1. The molecule has 0 bridgehead atoms. The van der Waals surface area contributed by atoms with Crippen LogP contribution >= 0.6 is 23.4 Å². The fourth-order valence-corrected chi connectivity index (χ4v) is 3.56. The van der Waals surface area contributed by atoms with E-state index in [-0.39, 0.29) is 5.91 Å². The van der Waals surface area contributed by atoms with Crippen molar-refractivity contribution >= 4 is 29.3 Å². The molecule has 4 nitrogen and oxygen atoms in total. The van der Waals surface area contributed by atoms with Gasteiger partial charge < -0.3 is 5.32 Å². The molecule has 0 unspecified atom stereocenters. The lowest BCUT2D eigenvalue weighted by molar-refractivity contribution is 0.0952. The highest BCUT2D eigenvalue weighted by molar-refractivity contribution is 7.98. The molecule has 0 fully saturated rings. The minimum absolute atomic E-state index is 0.0384. The van der Waals surface area contributed by atoms with E-state index in [9.17, 15) is 4.79 Å². The fourth-order valence-electron chi connectivity index (χ4n) is 2.58. The van der Waals surface area contributed by atoms with E-state index < -0.39 is 0 Å². The van der Waals surface area contributed by atoms with Crippen molar-refractivity contribution in [3.05, 3.63) is 82.6 Å². The molecule has 0 aliphatic rings. The summed E-state index contributed by atoms with van der Waals surface area (Å²) in [6.45, 7) is 3.45. The number of halogens is 1. The molecular weight excluding hydrogens is 378 g/mol. The molecule has 0 aliphatic heterocycles. The zero-order chi connectivity index (χ0) is 19.1. The van der Waals surface area contributed by atoms with E-state index in [0.29, 0.717) is 12.1 Å². The average Bonchev–Trinajstić information content (AvgIpc) is 3.10. The molecule has 140 valence electrons. The van der Waals surface area contributed by atoms with E-state index in [4.69, 9.17) is 11.6 Å². The van der Waals surface area contributed by atoms with Gasteiger partial charge in [-0.3, -0.25) is 9.48 Å². The highest BCUT2D eigenvalue weighted by Gasteiger charge is 2.05. The smallest absolute Gasteiger partial charge is 0.251 e. The van der Waals surface area contributed by atoms with Gasteiger partial charge in [-0.05, 0) is 60.9 Å². The van der Waals surface area contributed by atoms with Crippen molar-refractivity contribution in [2.45, 2.75) is 30.5 Å². The fraction of sp³-hybridized carbons (Fsp3) is 0.238. The summed E-state index contributed by atoms with van der Waals surface area (Å²) in [5.74, 6) is 0.816. The van der Waals surface area contributed by atoms with Gasteiger partial charge in [-0.1, -0.05) is 23.7 Å². The van der Waals surface area contributed by atoms with Crippen LogP contribution in [0.15, 0.2) is 65.8 Å². The first-order valence-corrected chi connectivity index (χ1v) is 10.2. The predicted molar refractivity (Wildman–Crippen MR) is 111 cm³/mol. The largest absolute Gasteiger partial charge is 0.352 e. The highest BCUT2D eigenvalue weighted by atomic mass is 35.5. The summed E-state index contributed by atoms with van der Waals surface area (Å²) in [5, 5.41) is 7.95. The second-order valence-electron chi connectivity index (χ2n) is 6.33. The van der Waals surface area contributed by atoms with Gasteiger partial charge in [-0.2, -0.15) is 5.10 Å². The summed E-state index contributed by atoms with van der Waals surface area (Å²) >= 11 is 7.65. The maximum absolute atomic E-state index is 12.2. The third kappa shape index (κ3) is 6.15. The number of aromatic nitrogens is 2. The van der Waals surface area contributed by atoms with Crippen molar-refractivity contribution in [2.75, 3.05) is 6.54 Å². The quantitative estimate of drug-likeness (QED) is 0.430. The number of thioether (sulfide) groups is 1. The maximum Gasteiger partial charge on any atom is 0.251 e. The first-order valence-electron chi connectivity index (χ1n) is 8.85. The SMILES string of the molecule is Cc1cnn(CCCNC(=O)c2ccc(CSc3ccc(Cl)cc3)cc2)c1. The Morgan fingerprint density at radius 2 is 1.89 bits per heavy atom. The van der Waals surface area contributed by atoms with E-state index in [1.165, 1.54) is 10.5 Å². The molecule has 1 amide bonds. The zero-order valence-electron chi connectivity index (χ0n) is 15.2. The molecule has 3 aromatic rings. The van der Waals surface area contributed by atoms with Gasteiger partial charge in [0.2, 0.25) is 0 Å². The van der Waals surface area contributed by atoms with Crippen LogP contribution in [0, 0.1) is 6.92 Å². The van der Waals surface area contributed by atoms with Crippen molar-refractivity contribution in [3.8, 4) is 0 Å². The number of aryl methyl sites for hydroxylation is 2. The Morgan fingerprint density at radius 1 is 1.15 bits per heavy atom. The number of hydrogen-bond acceptors (Lipinski definition) is 3. The lowest BCUT2D eigenvalue weighted by Gasteiger charge is -2.07. The number of nitrogens with zero attached hydrogens (tertiary/aromatic N) is 2. The van der Waals surface area contributed by atoms with Crippen molar-refractivity contribution in [2.24, 2.45) is 0 Å². The monoisotopic (exact) mass is 399 g/mol. The van der Waals surface area contributed by atoms with Crippen LogP contribution in [0.25, 0.3) is 0 Å². The molecule has 27 heavy (non-hydrogen) atoms. The molecule has 1 aromatic heterocycles. The van der Waals surface area contributed by atoms with Gasteiger partial charge in [0, 0.05) is 40.5 Å². The number of rotatable bonds is 8. The van der Waals surface area contributed by atoms with Crippen LogP contribution < -0.4 is 5.32 Å². The molecular formula is C21H22ClN3OS. The van der Waals surface area contributed by atoms with E-state index in [1.54, 1.807) is 11.8 Å².